The first-order valence-electron chi connectivity index (χ1n) is 6.25. The zero-order valence-corrected chi connectivity index (χ0v) is 11.9. The zero-order valence-electron chi connectivity index (χ0n) is 11.1. The van der Waals surface area contributed by atoms with Crippen molar-refractivity contribution in [2.45, 2.75) is 31.3 Å². The summed E-state index contributed by atoms with van der Waals surface area (Å²) in [5.74, 6) is 2.03. The Morgan fingerprint density at radius 2 is 2.16 bits per heavy atom. The first-order chi connectivity index (χ1) is 9.33. The molecule has 0 saturated carbocycles. The van der Waals surface area contributed by atoms with Gasteiger partial charge in [0.2, 0.25) is 5.95 Å². The molecule has 2 aromatic rings. The third-order valence-corrected chi connectivity index (χ3v) is 3.36. The van der Waals surface area contributed by atoms with Crippen molar-refractivity contribution >= 4 is 17.7 Å². The van der Waals surface area contributed by atoms with Crippen molar-refractivity contribution < 1.29 is 0 Å². The lowest BCUT2D eigenvalue weighted by atomic mass is 10.3. The number of thioether (sulfide) groups is 1. The van der Waals surface area contributed by atoms with E-state index in [2.05, 4.69) is 37.3 Å². The minimum absolute atomic E-state index is 0.481. The number of nitrogens with zero attached hydrogens (tertiary/aromatic N) is 6. The molecule has 0 aliphatic rings. The largest absolute Gasteiger partial charge is 0.357 e. The van der Waals surface area contributed by atoms with Crippen molar-refractivity contribution in [1.29, 1.82) is 0 Å². The second-order valence-corrected chi connectivity index (χ2v) is 4.95. The lowest BCUT2D eigenvalue weighted by molar-refractivity contribution is 0.756. The van der Waals surface area contributed by atoms with Crippen molar-refractivity contribution in [2.75, 3.05) is 18.1 Å². The highest BCUT2D eigenvalue weighted by Crippen LogP contribution is 2.17. The molecule has 0 amide bonds. The van der Waals surface area contributed by atoms with Gasteiger partial charge < -0.3 is 5.32 Å². The molecule has 2 aromatic heterocycles. The first-order valence-corrected chi connectivity index (χ1v) is 7.23. The Hall–Kier alpha value is -1.70. The molecular weight excluding hydrogens is 262 g/mol. The van der Waals surface area contributed by atoms with Gasteiger partial charge in [0.25, 0.3) is 5.95 Å². The lowest BCUT2D eigenvalue weighted by Crippen LogP contribution is -2.08. The molecule has 0 aromatic carbocycles. The summed E-state index contributed by atoms with van der Waals surface area (Å²) in [7, 11) is 1.78. The second kappa shape index (κ2) is 7.03. The van der Waals surface area contributed by atoms with Gasteiger partial charge in [-0.15, -0.1) is 0 Å². The van der Waals surface area contributed by atoms with Crippen molar-refractivity contribution in [1.82, 2.24) is 29.7 Å². The van der Waals surface area contributed by atoms with Gasteiger partial charge in [-0.2, -0.15) is 24.7 Å². The van der Waals surface area contributed by atoms with Crippen molar-refractivity contribution in [3.05, 3.63) is 12.7 Å². The summed E-state index contributed by atoms with van der Waals surface area (Å²) in [5.41, 5.74) is 0. The highest BCUT2D eigenvalue weighted by molar-refractivity contribution is 7.99. The topological polar surface area (TPSA) is 81.4 Å². The van der Waals surface area contributed by atoms with Crippen molar-refractivity contribution in [3.63, 3.8) is 0 Å². The summed E-state index contributed by atoms with van der Waals surface area (Å²) in [6.07, 6.45) is 6.63. The molecule has 0 radical (unpaired) electrons. The number of nitrogens with one attached hydrogen (secondary N) is 1. The maximum absolute atomic E-state index is 4.38. The van der Waals surface area contributed by atoms with Gasteiger partial charge in [-0.3, -0.25) is 0 Å². The fraction of sp³-hybridized carbons (Fsp3) is 0.545. The molecule has 2 rings (SSSR count). The fourth-order valence-corrected chi connectivity index (χ4v) is 2.28. The molecule has 0 unspecified atom stereocenters. The number of hydrogen-bond donors (Lipinski definition) is 1. The van der Waals surface area contributed by atoms with Crippen LogP contribution in [0.2, 0.25) is 0 Å². The van der Waals surface area contributed by atoms with Crippen LogP contribution < -0.4 is 5.32 Å². The van der Waals surface area contributed by atoms with Crippen LogP contribution in [0, 0.1) is 0 Å². The SMILES string of the molecule is CCCCCSc1nc(NC)nc(-n2cncn2)n1. The van der Waals surface area contributed by atoms with Gasteiger partial charge in [0.05, 0.1) is 0 Å². The Morgan fingerprint density at radius 1 is 1.26 bits per heavy atom. The number of anilines is 1. The van der Waals surface area contributed by atoms with E-state index in [4.69, 9.17) is 0 Å². The predicted molar refractivity (Wildman–Crippen MR) is 74.5 cm³/mol. The van der Waals surface area contributed by atoms with Crippen LogP contribution >= 0.6 is 11.8 Å². The molecule has 19 heavy (non-hydrogen) atoms. The summed E-state index contributed by atoms with van der Waals surface area (Å²) in [6, 6.07) is 0. The molecule has 0 atom stereocenters. The van der Waals surface area contributed by atoms with E-state index < -0.39 is 0 Å². The van der Waals surface area contributed by atoms with E-state index in [0.29, 0.717) is 17.1 Å². The first kappa shape index (κ1) is 13.7. The summed E-state index contributed by atoms with van der Waals surface area (Å²) >= 11 is 1.64. The minimum atomic E-state index is 0.481. The monoisotopic (exact) mass is 279 g/mol. The Bertz CT molecular complexity index is 500. The number of rotatable bonds is 7. The van der Waals surface area contributed by atoms with E-state index >= 15 is 0 Å². The Kier molecular flexibility index (Phi) is 5.08. The lowest BCUT2D eigenvalue weighted by Gasteiger charge is -2.05. The van der Waals surface area contributed by atoms with Crippen LogP contribution in [0.5, 0.6) is 0 Å². The molecule has 102 valence electrons. The third-order valence-electron chi connectivity index (χ3n) is 2.43. The van der Waals surface area contributed by atoms with Crippen LogP contribution in [-0.2, 0) is 0 Å². The van der Waals surface area contributed by atoms with Crippen LogP contribution in [-0.4, -0.2) is 42.5 Å². The molecule has 0 fully saturated rings. The van der Waals surface area contributed by atoms with Crippen LogP contribution in [0.4, 0.5) is 5.95 Å². The van der Waals surface area contributed by atoms with Gasteiger partial charge in [0, 0.05) is 12.8 Å². The molecule has 0 spiro atoms. The predicted octanol–water partition coefficient (Wildman–Crippen LogP) is 1.78. The molecule has 8 heteroatoms. The average Bonchev–Trinajstić information content (AvgIpc) is 2.97. The molecular formula is C11H17N7S. The normalized spacial score (nSPS) is 10.6. The number of unbranched alkanes of at least 4 members (excludes halogenated alkanes) is 2. The van der Waals surface area contributed by atoms with Crippen molar-refractivity contribution in [3.8, 4) is 5.95 Å². The van der Waals surface area contributed by atoms with Crippen molar-refractivity contribution in [2.24, 2.45) is 0 Å². The molecule has 2 heterocycles. The highest BCUT2D eigenvalue weighted by atomic mass is 32.2. The Morgan fingerprint density at radius 3 is 2.84 bits per heavy atom. The molecule has 0 bridgehead atoms. The van der Waals surface area contributed by atoms with E-state index in [1.54, 1.807) is 25.1 Å². The van der Waals surface area contributed by atoms with E-state index in [0.717, 1.165) is 5.75 Å². The van der Waals surface area contributed by atoms with E-state index in [-0.39, 0.29) is 0 Å². The number of hydrogen-bond acceptors (Lipinski definition) is 7. The van der Waals surface area contributed by atoms with E-state index in [1.165, 1.54) is 30.3 Å². The highest BCUT2D eigenvalue weighted by Gasteiger charge is 2.08. The minimum Gasteiger partial charge on any atom is -0.357 e. The molecule has 7 nitrogen and oxygen atoms in total. The Balaban J connectivity index is 2.12. The smallest absolute Gasteiger partial charge is 0.257 e. The zero-order chi connectivity index (χ0) is 13.5. The molecule has 0 saturated heterocycles. The van der Waals surface area contributed by atoms with Crippen LogP contribution in [0.25, 0.3) is 5.95 Å². The molecule has 1 N–H and O–H groups in total. The van der Waals surface area contributed by atoms with Crippen LogP contribution in [0.1, 0.15) is 26.2 Å². The summed E-state index contributed by atoms with van der Waals surface area (Å²) < 4.78 is 1.53. The summed E-state index contributed by atoms with van der Waals surface area (Å²) in [4.78, 5) is 16.9. The summed E-state index contributed by atoms with van der Waals surface area (Å²) in [5, 5.41) is 7.67. The van der Waals surface area contributed by atoms with Crippen LogP contribution in [0.15, 0.2) is 17.8 Å². The van der Waals surface area contributed by atoms with Gasteiger partial charge in [-0.05, 0) is 6.42 Å². The van der Waals surface area contributed by atoms with Gasteiger partial charge in [0.15, 0.2) is 5.16 Å². The van der Waals surface area contributed by atoms with Gasteiger partial charge in [-0.25, -0.2) is 4.98 Å². The van der Waals surface area contributed by atoms with Gasteiger partial charge in [-0.1, -0.05) is 31.5 Å². The summed E-state index contributed by atoms with van der Waals surface area (Å²) in [6.45, 7) is 2.19. The maximum Gasteiger partial charge on any atom is 0.257 e. The van der Waals surface area contributed by atoms with Crippen LogP contribution in [0.3, 0.4) is 0 Å². The van der Waals surface area contributed by atoms with E-state index in [9.17, 15) is 0 Å². The standard InChI is InChI=1S/C11H17N7S/c1-3-4-5-6-19-11-16-9(12-2)15-10(17-11)18-8-13-7-14-18/h7-8H,3-6H2,1-2H3,(H,12,15,16,17). The fourth-order valence-electron chi connectivity index (χ4n) is 1.45. The Labute approximate surface area is 116 Å². The molecule has 0 aliphatic heterocycles. The molecule has 0 aliphatic carbocycles. The number of aromatic nitrogens is 6. The van der Waals surface area contributed by atoms with E-state index in [1.807, 2.05) is 0 Å². The van der Waals surface area contributed by atoms with Gasteiger partial charge in [0.1, 0.15) is 12.7 Å². The average molecular weight is 279 g/mol. The van der Waals surface area contributed by atoms with Gasteiger partial charge >= 0.3 is 0 Å². The second-order valence-electron chi connectivity index (χ2n) is 3.89. The maximum atomic E-state index is 4.38. The third kappa shape index (κ3) is 3.88. The quantitative estimate of drug-likeness (QED) is 0.611.